The zero-order valence-electron chi connectivity index (χ0n) is 21.4. The van der Waals surface area contributed by atoms with Gasteiger partial charge in [-0.3, -0.25) is 19.3 Å². The Labute approximate surface area is 225 Å². The van der Waals surface area contributed by atoms with Crippen molar-refractivity contribution in [3.05, 3.63) is 64.5 Å². The van der Waals surface area contributed by atoms with E-state index in [1.807, 2.05) is 61.7 Å². The molecule has 0 radical (unpaired) electrons. The maximum atomic E-state index is 13.6. The summed E-state index contributed by atoms with van der Waals surface area (Å²) in [5.74, 6) is -2.35. The lowest BCUT2D eigenvalue weighted by atomic mass is 9.96. The predicted octanol–water partition coefficient (Wildman–Crippen LogP) is 3.45. The van der Waals surface area contributed by atoms with E-state index < -0.39 is 35.9 Å². The van der Waals surface area contributed by atoms with E-state index in [2.05, 4.69) is 10.6 Å². The molecule has 0 fully saturated rings. The Kier molecular flexibility index (Phi) is 7.21. The fourth-order valence-corrected chi connectivity index (χ4v) is 6.46. The van der Waals surface area contributed by atoms with Crippen molar-refractivity contribution in [3.63, 3.8) is 0 Å². The van der Waals surface area contributed by atoms with Gasteiger partial charge in [0, 0.05) is 11.1 Å². The maximum Gasteiger partial charge on any atom is 0.327 e. The molecule has 2 aromatic carbocycles. The minimum atomic E-state index is -1.07. The molecule has 0 spiro atoms. The van der Waals surface area contributed by atoms with Crippen molar-refractivity contribution in [2.45, 2.75) is 64.1 Å². The third-order valence-corrected chi connectivity index (χ3v) is 8.74. The molecule has 9 heteroatoms. The maximum absolute atomic E-state index is 13.6. The van der Waals surface area contributed by atoms with Gasteiger partial charge >= 0.3 is 5.97 Å². The third kappa shape index (κ3) is 4.78. The Morgan fingerprint density at radius 2 is 1.89 bits per heavy atom. The molecule has 2 aliphatic heterocycles. The fraction of sp³-hybridized carbons (Fsp3) is 0.379. The number of nitrogens with one attached hydrogen (secondary N) is 2. The zero-order chi connectivity index (χ0) is 27.0. The molecule has 198 valence electrons. The van der Waals surface area contributed by atoms with Crippen LogP contribution < -0.4 is 15.5 Å². The molecule has 0 saturated heterocycles. The lowest BCUT2D eigenvalue weighted by Gasteiger charge is -2.29. The highest BCUT2D eigenvalue weighted by atomic mass is 32.1. The van der Waals surface area contributed by atoms with Gasteiger partial charge in [-0.05, 0) is 52.3 Å². The van der Waals surface area contributed by atoms with Crippen molar-refractivity contribution in [1.82, 2.24) is 10.6 Å². The van der Waals surface area contributed by atoms with Crippen LogP contribution in [0.15, 0.2) is 47.8 Å². The summed E-state index contributed by atoms with van der Waals surface area (Å²) in [4.78, 5) is 53.5. The van der Waals surface area contributed by atoms with E-state index in [0.29, 0.717) is 24.9 Å². The van der Waals surface area contributed by atoms with Crippen molar-refractivity contribution in [2.75, 3.05) is 4.90 Å². The van der Waals surface area contributed by atoms with Gasteiger partial charge in [0.2, 0.25) is 17.7 Å². The molecule has 4 atom stereocenters. The number of aliphatic carboxylic acids is 1. The average Bonchev–Trinajstić information content (AvgIpc) is 3.47. The van der Waals surface area contributed by atoms with E-state index in [4.69, 9.17) is 0 Å². The van der Waals surface area contributed by atoms with Crippen molar-refractivity contribution in [1.29, 1.82) is 0 Å². The number of aryl methyl sites for hydroxylation is 1. The van der Waals surface area contributed by atoms with Gasteiger partial charge in [0.05, 0.1) is 12.1 Å². The van der Waals surface area contributed by atoms with Crippen LogP contribution in [-0.2, 0) is 38.4 Å². The van der Waals surface area contributed by atoms with Gasteiger partial charge in [0.15, 0.2) is 0 Å². The van der Waals surface area contributed by atoms with Gasteiger partial charge in [-0.2, -0.15) is 0 Å². The van der Waals surface area contributed by atoms with Crippen LogP contribution in [-0.4, -0.2) is 46.9 Å². The van der Waals surface area contributed by atoms with Gasteiger partial charge in [0.1, 0.15) is 18.1 Å². The minimum absolute atomic E-state index is 0.152. The number of thiophene rings is 1. The lowest BCUT2D eigenvalue weighted by Crippen LogP contribution is -2.57. The minimum Gasteiger partial charge on any atom is -0.480 e. The SMILES string of the molecule is CC[C@@H](C)[C@H](NC(=O)Cc1csc2ccccc12)C(=O)N[C@H]1CCc2cccc3c2N(C1=O)[C@H](C(=O)O)C3. The number of carbonyl (C=O) groups excluding carboxylic acids is 3. The van der Waals surface area contributed by atoms with Crippen molar-refractivity contribution >= 4 is 50.8 Å². The van der Waals surface area contributed by atoms with E-state index >= 15 is 0 Å². The average molecular weight is 534 g/mol. The van der Waals surface area contributed by atoms with Gasteiger partial charge in [-0.25, -0.2) is 4.79 Å². The predicted molar refractivity (Wildman–Crippen MR) is 146 cm³/mol. The molecule has 3 heterocycles. The first-order valence-corrected chi connectivity index (χ1v) is 13.9. The number of amides is 3. The van der Waals surface area contributed by atoms with Crippen LogP contribution in [0.2, 0.25) is 0 Å². The van der Waals surface area contributed by atoms with Crippen molar-refractivity contribution < 1.29 is 24.3 Å². The Bertz CT molecular complexity index is 1420. The number of para-hydroxylation sites is 1. The zero-order valence-corrected chi connectivity index (χ0v) is 22.2. The Morgan fingerprint density at radius 1 is 1.13 bits per heavy atom. The number of benzene rings is 2. The van der Waals surface area contributed by atoms with Gasteiger partial charge in [-0.15, -0.1) is 11.3 Å². The molecule has 3 aromatic rings. The first-order valence-electron chi connectivity index (χ1n) is 13.0. The molecule has 8 nitrogen and oxygen atoms in total. The van der Waals surface area contributed by atoms with Gasteiger partial charge in [-0.1, -0.05) is 56.7 Å². The largest absolute Gasteiger partial charge is 0.480 e. The summed E-state index contributed by atoms with van der Waals surface area (Å²) in [6, 6.07) is 10.8. The summed E-state index contributed by atoms with van der Waals surface area (Å²) in [6.07, 6.45) is 1.94. The Hall–Kier alpha value is -3.72. The molecule has 5 rings (SSSR count). The monoisotopic (exact) mass is 533 g/mol. The number of rotatable bonds is 8. The van der Waals surface area contributed by atoms with E-state index in [1.54, 1.807) is 11.3 Å². The van der Waals surface area contributed by atoms with Crippen LogP contribution >= 0.6 is 11.3 Å². The number of carboxylic acid groups (broad SMARTS) is 1. The number of anilines is 1. The summed E-state index contributed by atoms with van der Waals surface area (Å²) in [6.45, 7) is 3.84. The molecule has 0 aliphatic carbocycles. The molecule has 0 unspecified atom stereocenters. The van der Waals surface area contributed by atoms with Crippen LogP contribution in [0.4, 0.5) is 5.69 Å². The van der Waals surface area contributed by atoms with Crippen molar-refractivity contribution in [2.24, 2.45) is 5.92 Å². The number of carbonyl (C=O) groups is 4. The number of nitrogens with zero attached hydrogens (tertiary/aromatic N) is 1. The fourth-order valence-electron chi connectivity index (χ4n) is 5.49. The van der Waals surface area contributed by atoms with Crippen molar-refractivity contribution in [3.8, 4) is 0 Å². The number of hydrogen-bond acceptors (Lipinski definition) is 5. The van der Waals surface area contributed by atoms with Crippen LogP contribution in [0.5, 0.6) is 0 Å². The Balaban J connectivity index is 1.33. The third-order valence-electron chi connectivity index (χ3n) is 7.73. The highest BCUT2D eigenvalue weighted by Gasteiger charge is 2.44. The first-order chi connectivity index (χ1) is 18.3. The standard InChI is InChI=1S/C29H31N3O5S/c1-3-16(2)25(31-24(33)14-19-15-38-23-10-5-4-9-20(19)23)27(34)30-21-12-11-17-7-6-8-18-13-22(29(36)37)32(26(17)18)28(21)35/h4-10,15-16,21-22,25H,3,11-14H2,1-2H3,(H,30,34)(H,31,33)(H,36,37)/t16-,21+,22+,25+/m1/s1. The summed E-state index contributed by atoms with van der Waals surface area (Å²) in [7, 11) is 0. The van der Waals surface area contributed by atoms with Crippen LogP contribution in [0.3, 0.4) is 0 Å². The van der Waals surface area contributed by atoms with Crippen LogP contribution in [0.1, 0.15) is 43.4 Å². The molecular formula is C29H31N3O5S. The number of fused-ring (bicyclic) bond motifs is 1. The smallest absolute Gasteiger partial charge is 0.327 e. The summed E-state index contributed by atoms with van der Waals surface area (Å²) in [5, 5.41) is 18.6. The molecule has 3 amide bonds. The molecule has 0 saturated carbocycles. The number of carboxylic acids is 1. The molecule has 3 N–H and O–H groups in total. The van der Waals surface area contributed by atoms with Crippen LogP contribution in [0.25, 0.3) is 10.1 Å². The van der Waals surface area contributed by atoms with E-state index in [9.17, 15) is 24.3 Å². The first kappa shape index (κ1) is 25.9. The number of hydrogen-bond donors (Lipinski definition) is 3. The van der Waals surface area contributed by atoms with E-state index in [-0.39, 0.29) is 24.7 Å². The highest BCUT2D eigenvalue weighted by Crippen LogP contribution is 2.39. The molecule has 1 aromatic heterocycles. The second-order valence-electron chi connectivity index (χ2n) is 10.2. The highest BCUT2D eigenvalue weighted by molar-refractivity contribution is 7.17. The second kappa shape index (κ2) is 10.6. The van der Waals surface area contributed by atoms with Crippen LogP contribution in [0, 0.1) is 5.92 Å². The summed E-state index contributed by atoms with van der Waals surface area (Å²) >= 11 is 1.58. The lowest BCUT2D eigenvalue weighted by molar-refractivity contribution is -0.140. The summed E-state index contributed by atoms with van der Waals surface area (Å²) in [5.41, 5.74) is 3.32. The topological polar surface area (TPSA) is 116 Å². The molecule has 2 aliphatic rings. The second-order valence-corrected chi connectivity index (χ2v) is 11.1. The molecule has 0 bridgehead atoms. The van der Waals surface area contributed by atoms with Gasteiger partial charge in [0.25, 0.3) is 0 Å². The molecule has 38 heavy (non-hydrogen) atoms. The van der Waals surface area contributed by atoms with E-state index in [1.165, 1.54) is 4.90 Å². The molecular weight excluding hydrogens is 502 g/mol. The quantitative estimate of drug-likeness (QED) is 0.410. The Morgan fingerprint density at radius 3 is 2.66 bits per heavy atom. The van der Waals surface area contributed by atoms with Gasteiger partial charge < -0.3 is 15.7 Å². The normalized spacial score (nSPS) is 19.9. The van der Waals surface area contributed by atoms with E-state index in [0.717, 1.165) is 26.8 Å². The summed E-state index contributed by atoms with van der Waals surface area (Å²) < 4.78 is 1.10.